The van der Waals surface area contributed by atoms with Crippen LogP contribution in [0.5, 0.6) is 0 Å². The van der Waals surface area contributed by atoms with Crippen molar-refractivity contribution in [1.82, 2.24) is 4.90 Å². The Morgan fingerprint density at radius 1 is 1.30 bits per heavy atom. The van der Waals surface area contributed by atoms with Crippen molar-refractivity contribution in [3.05, 3.63) is 35.9 Å². The lowest BCUT2D eigenvalue weighted by atomic mass is 10.2. The average molecular weight is 309 g/mol. The van der Waals surface area contributed by atoms with Gasteiger partial charge in [0.15, 0.2) is 5.78 Å². The molecule has 0 aromatic heterocycles. The van der Waals surface area contributed by atoms with Crippen LogP contribution in [-0.2, 0) is 4.74 Å². The van der Waals surface area contributed by atoms with Crippen molar-refractivity contribution in [3.63, 3.8) is 0 Å². The smallest absolute Gasteiger partial charge is 0.173 e. The number of hydrogen-bond donors (Lipinski definition) is 0. The molecule has 0 radical (unpaired) electrons. The van der Waals surface area contributed by atoms with Gasteiger partial charge in [0.25, 0.3) is 0 Å². The van der Waals surface area contributed by atoms with Gasteiger partial charge in [-0.3, -0.25) is 4.79 Å². The first-order chi connectivity index (χ1) is 9.56. The summed E-state index contributed by atoms with van der Waals surface area (Å²) in [6.07, 6.45) is 0.365. The molecular formula is C15H19NO2S2. The Morgan fingerprint density at radius 2 is 1.90 bits per heavy atom. The molecule has 0 amide bonds. The van der Waals surface area contributed by atoms with E-state index in [1.54, 1.807) is 0 Å². The van der Waals surface area contributed by atoms with Crippen LogP contribution < -0.4 is 0 Å². The molecule has 1 fully saturated rings. The average Bonchev–Trinajstić information content (AvgIpc) is 2.44. The number of morpholine rings is 1. The molecule has 1 aromatic rings. The number of ether oxygens (including phenoxy) is 1. The summed E-state index contributed by atoms with van der Waals surface area (Å²) in [4.78, 5) is 14.2. The highest BCUT2D eigenvalue weighted by Crippen LogP contribution is 2.18. The summed E-state index contributed by atoms with van der Waals surface area (Å²) >= 11 is 6.87. The minimum absolute atomic E-state index is 0.118. The van der Waals surface area contributed by atoms with Crippen LogP contribution >= 0.6 is 24.0 Å². The van der Waals surface area contributed by atoms with Crippen LogP contribution in [0.15, 0.2) is 30.3 Å². The van der Waals surface area contributed by atoms with Gasteiger partial charge in [0.05, 0.1) is 18.0 Å². The number of hydrogen-bond acceptors (Lipinski definition) is 4. The molecule has 0 N–H and O–H groups in total. The summed E-state index contributed by atoms with van der Waals surface area (Å²) in [6.45, 7) is 5.70. The van der Waals surface area contributed by atoms with Crippen molar-refractivity contribution < 1.29 is 9.53 Å². The van der Waals surface area contributed by atoms with Crippen molar-refractivity contribution in [2.75, 3.05) is 18.8 Å². The largest absolute Gasteiger partial charge is 0.372 e. The van der Waals surface area contributed by atoms with Gasteiger partial charge in [0.2, 0.25) is 0 Å². The van der Waals surface area contributed by atoms with E-state index >= 15 is 0 Å². The summed E-state index contributed by atoms with van der Waals surface area (Å²) in [6, 6.07) is 9.34. The molecular weight excluding hydrogens is 290 g/mol. The van der Waals surface area contributed by atoms with E-state index in [1.165, 1.54) is 11.8 Å². The van der Waals surface area contributed by atoms with Crippen LogP contribution in [-0.4, -0.2) is 46.1 Å². The van der Waals surface area contributed by atoms with E-state index < -0.39 is 0 Å². The number of benzene rings is 1. The number of ketones is 1. The molecule has 0 bridgehead atoms. The quantitative estimate of drug-likeness (QED) is 0.632. The second-order valence-corrected chi connectivity index (χ2v) is 6.62. The fraction of sp³-hybridized carbons (Fsp3) is 0.467. The summed E-state index contributed by atoms with van der Waals surface area (Å²) in [7, 11) is 0. The molecule has 1 aromatic carbocycles. The van der Waals surface area contributed by atoms with Crippen LogP contribution in [0, 0.1) is 0 Å². The summed E-state index contributed by atoms with van der Waals surface area (Å²) < 4.78 is 6.47. The zero-order valence-corrected chi connectivity index (χ0v) is 13.4. The third-order valence-corrected chi connectivity index (χ3v) is 4.62. The van der Waals surface area contributed by atoms with Gasteiger partial charge >= 0.3 is 0 Å². The summed E-state index contributed by atoms with van der Waals surface area (Å²) in [5.41, 5.74) is 0.742. The molecule has 1 aliphatic heterocycles. The van der Waals surface area contributed by atoms with E-state index in [2.05, 4.69) is 4.90 Å². The van der Waals surface area contributed by atoms with E-state index in [9.17, 15) is 4.79 Å². The second-order valence-electron chi connectivity index (χ2n) is 5.01. The van der Waals surface area contributed by atoms with Gasteiger partial charge in [-0.25, -0.2) is 0 Å². The molecule has 2 rings (SSSR count). The van der Waals surface area contributed by atoms with Crippen LogP contribution in [0.1, 0.15) is 24.2 Å². The van der Waals surface area contributed by atoms with Crippen molar-refractivity contribution in [1.29, 1.82) is 0 Å². The molecule has 1 heterocycles. The standard InChI is InChI=1S/C15H19NO2S2/c1-11-8-16(9-12(2)18-11)15(19)20-10-14(17)13-6-4-3-5-7-13/h3-7,11-12H,8-10H2,1-2H3/t11-,12-/m0/s1. The Kier molecular flexibility index (Phi) is 5.57. The van der Waals surface area contributed by atoms with Crippen LogP contribution in [0.2, 0.25) is 0 Å². The van der Waals surface area contributed by atoms with E-state index in [0.717, 1.165) is 23.0 Å². The number of Topliss-reactive ketones (excluding diaryl/α,β-unsaturated/α-hetero) is 1. The third kappa shape index (κ3) is 4.30. The molecule has 0 unspecified atom stereocenters. The number of carbonyl (C=O) groups is 1. The second kappa shape index (κ2) is 7.20. The van der Waals surface area contributed by atoms with Crippen LogP contribution in [0.25, 0.3) is 0 Å². The van der Waals surface area contributed by atoms with Crippen LogP contribution in [0.3, 0.4) is 0 Å². The monoisotopic (exact) mass is 309 g/mol. The maximum atomic E-state index is 12.0. The van der Waals surface area contributed by atoms with Crippen LogP contribution in [0.4, 0.5) is 0 Å². The van der Waals surface area contributed by atoms with Crippen molar-refractivity contribution >= 4 is 34.1 Å². The highest BCUT2D eigenvalue weighted by Gasteiger charge is 2.24. The molecule has 108 valence electrons. The fourth-order valence-corrected chi connectivity index (χ4v) is 3.33. The number of thioether (sulfide) groups is 1. The maximum absolute atomic E-state index is 12.0. The predicted octanol–water partition coefficient (Wildman–Crippen LogP) is 3.00. The molecule has 2 atom stereocenters. The first-order valence-electron chi connectivity index (χ1n) is 6.71. The van der Waals surface area contributed by atoms with Gasteiger partial charge in [-0.1, -0.05) is 54.3 Å². The van der Waals surface area contributed by atoms with Gasteiger partial charge < -0.3 is 9.64 Å². The van der Waals surface area contributed by atoms with Gasteiger partial charge in [-0.2, -0.15) is 0 Å². The third-order valence-electron chi connectivity index (χ3n) is 3.10. The molecule has 1 saturated heterocycles. The summed E-state index contributed by atoms with van der Waals surface area (Å²) in [5.74, 6) is 0.510. The molecule has 0 saturated carbocycles. The van der Waals surface area contributed by atoms with Crippen molar-refractivity contribution in [3.8, 4) is 0 Å². The first-order valence-corrected chi connectivity index (χ1v) is 8.11. The number of carbonyl (C=O) groups excluding carboxylic acids is 1. The lowest BCUT2D eigenvalue weighted by Crippen LogP contribution is -2.46. The van der Waals surface area contributed by atoms with E-state index in [0.29, 0.717) is 5.75 Å². The number of rotatable bonds is 3. The molecule has 0 aliphatic carbocycles. The topological polar surface area (TPSA) is 29.5 Å². The van der Waals surface area contributed by atoms with Gasteiger partial charge in [0.1, 0.15) is 4.32 Å². The summed E-state index contributed by atoms with van der Waals surface area (Å²) in [5, 5.41) is 0. The Morgan fingerprint density at radius 3 is 2.50 bits per heavy atom. The van der Waals surface area contributed by atoms with E-state index in [4.69, 9.17) is 17.0 Å². The van der Waals surface area contributed by atoms with Crippen molar-refractivity contribution in [2.24, 2.45) is 0 Å². The first kappa shape index (κ1) is 15.5. The zero-order valence-electron chi connectivity index (χ0n) is 11.7. The SMILES string of the molecule is C[C@H]1CN(C(=S)SCC(=O)c2ccccc2)C[C@H](C)O1. The van der Waals surface area contributed by atoms with E-state index in [1.807, 2.05) is 44.2 Å². The Balaban J connectivity index is 1.84. The van der Waals surface area contributed by atoms with Gasteiger partial charge in [-0.15, -0.1) is 0 Å². The van der Waals surface area contributed by atoms with E-state index in [-0.39, 0.29) is 18.0 Å². The Bertz CT molecular complexity index is 468. The minimum atomic E-state index is 0.118. The molecule has 1 aliphatic rings. The molecule has 20 heavy (non-hydrogen) atoms. The number of nitrogens with zero attached hydrogens (tertiary/aromatic N) is 1. The molecule has 3 nitrogen and oxygen atoms in total. The minimum Gasteiger partial charge on any atom is -0.372 e. The zero-order chi connectivity index (χ0) is 14.5. The maximum Gasteiger partial charge on any atom is 0.173 e. The van der Waals surface area contributed by atoms with Gasteiger partial charge in [-0.05, 0) is 13.8 Å². The predicted molar refractivity (Wildman–Crippen MR) is 87.4 cm³/mol. The fourth-order valence-electron chi connectivity index (χ4n) is 2.25. The lowest BCUT2D eigenvalue weighted by molar-refractivity contribution is -0.0465. The normalized spacial score (nSPS) is 22.6. The lowest BCUT2D eigenvalue weighted by Gasteiger charge is -2.36. The molecule has 0 spiro atoms. The van der Waals surface area contributed by atoms with Gasteiger partial charge in [0, 0.05) is 18.7 Å². The highest BCUT2D eigenvalue weighted by atomic mass is 32.2. The van der Waals surface area contributed by atoms with Crippen molar-refractivity contribution in [2.45, 2.75) is 26.1 Å². The Hall–Kier alpha value is -0.910. The highest BCUT2D eigenvalue weighted by molar-refractivity contribution is 8.23. The molecule has 5 heteroatoms. The number of thiocarbonyl (C=S) groups is 1. The Labute approximate surface area is 129 Å².